The van der Waals surface area contributed by atoms with Crippen LogP contribution in [0.3, 0.4) is 0 Å². The summed E-state index contributed by atoms with van der Waals surface area (Å²) < 4.78 is 0. The first-order valence-electron chi connectivity index (χ1n) is 11.2. The Kier molecular flexibility index (Phi) is 16.8. The van der Waals surface area contributed by atoms with Crippen LogP contribution >= 0.6 is 23.4 Å². The van der Waals surface area contributed by atoms with Crippen molar-refractivity contribution in [3.63, 3.8) is 0 Å². The molecule has 150 valence electrons. The van der Waals surface area contributed by atoms with Gasteiger partial charge in [-0.1, -0.05) is 115 Å². The third-order valence-corrected chi connectivity index (χ3v) is 6.43. The Morgan fingerprint density at radius 3 is 1.38 bits per heavy atom. The van der Waals surface area contributed by atoms with E-state index in [0.29, 0.717) is 0 Å². The fraction of sp³-hybridized carbons (Fsp3) is 0.750. The SMILES string of the molecule is CCCCCCCCCCCCCCCCCCSc1ccc(Cl)cc1. The van der Waals surface area contributed by atoms with Gasteiger partial charge in [-0.2, -0.15) is 0 Å². The van der Waals surface area contributed by atoms with Crippen LogP contribution in [0.4, 0.5) is 0 Å². The van der Waals surface area contributed by atoms with Gasteiger partial charge < -0.3 is 0 Å². The summed E-state index contributed by atoms with van der Waals surface area (Å²) in [5.41, 5.74) is 0. The molecular formula is C24H41ClS. The van der Waals surface area contributed by atoms with Gasteiger partial charge in [0.15, 0.2) is 0 Å². The number of halogens is 1. The van der Waals surface area contributed by atoms with Gasteiger partial charge in [-0.3, -0.25) is 0 Å². The highest BCUT2D eigenvalue weighted by Crippen LogP contribution is 2.22. The van der Waals surface area contributed by atoms with Crippen LogP contribution in [0, 0.1) is 0 Å². The van der Waals surface area contributed by atoms with Gasteiger partial charge in [0.1, 0.15) is 0 Å². The van der Waals surface area contributed by atoms with Crippen LogP contribution in [0.2, 0.25) is 5.02 Å². The second kappa shape index (κ2) is 18.2. The number of hydrogen-bond donors (Lipinski definition) is 0. The zero-order valence-corrected chi connectivity index (χ0v) is 18.7. The third-order valence-electron chi connectivity index (χ3n) is 5.08. The number of unbranched alkanes of at least 4 members (excludes halogenated alkanes) is 15. The summed E-state index contributed by atoms with van der Waals surface area (Å²) in [5, 5.41) is 0.830. The Morgan fingerprint density at radius 2 is 0.962 bits per heavy atom. The third kappa shape index (κ3) is 15.0. The molecule has 2 heteroatoms. The Bertz CT molecular complexity index is 401. The van der Waals surface area contributed by atoms with Crippen molar-refractivity contribution < 1.29 is 0 Å². The molecule has 0 fully saturated rings. The van der Waals surface area contributed by atoms with Crippen LogP contribution in [0.25, 0.3) is 0 Å². The molecule has 1 aromatic carbocycles. The molecular weight excluding hydrogens is 356 g/mol. The van der Waals surface area contributed by atoms with Crippen LogP contribution < -0.4 is 0 Å². The van der Waals surface area contributed by atoms with Gasteiger partial charge in [0.25, 0.3) is 0 Å². The van der Waals surface area contributed by atoms with Crippen molar-refractivity contribution in [2.75, 3.05) is 5.75 Å². The second-order valence-corrected chi connectivity index (χ2v) is 9.21. The van der Waals surface area contributed by atoms with Crippen LogP contribution in [0.5, 0.6) is 0 Å². The fourth-order valence-electron chi connectivity index (χ4n) is 3.37. The van der Waals surface area contributed by atoms with E-state index >= 15 is 0 Å². The van der Waals surface area contributed by atoms with Crippen molar-refractivity contribution in [3.05, 3.63) is 29.3 Å². The van der Waals surface area contributed by atoms with Crippen LogP contribution in [0.1, 0.15) is 110 Å². The summed E-state index contributed by atoms with van der Waals surface area (Å²) in [7, 11) is 0. The minimum atomic E-state index is 0.830. The molecule has 0 aliphatic carbocycles. The van der Waals surface area contributed by atoms with Crippen molar-refractivity contribution in [3.8, 4) is 0 Å². The standard InChI is InChI=1S/C24H41ClS/c1-2-3-4-5-6-7-8-9-10-11-12-13-14-15-16-17-22-26-24-20-18-23(25)19-21-24/h18-21H,2-17,22H2,1H3. The molecule has 0 saturated heterocycles. The topological polar surface area (TPSA) is 0 Å². The molecule has 0 unspecified atom stereocenters. The van der Waals surface area contributed by atoms with E-state index in [0.717, 1.165) is 5.02 Å². The minimum absolute atomic E-state index is 0.830. The molecule has 0 radical (unpaired) electrons. The smallest absolute Gasteiger partial charge is 0.0406 e. The lowest BCUT2D eigenvalue weighted by molar-refractivity contribution is 0.531. The molecule has 0 saturated carbocycles. The molecule has 1 rings (SSSR count). The van der Waals surface area contributed by atoms with E-state index in [2.05, 4.69) is 19.1 Å². The zero-order chi connectivity index (χ0) is 18.7. The molecule has 0 atom stereocenters. The summed E-state index contributed by atoms with van der Waals surface area (Å²) in [6, 6.07) is 8.22. The highest BCUT2D eigenvalue weighted by Gasteiger charge is 1.96. The van der Waals surface area contributed by atoms with E-state index in [1.165, 1.54) is 113 Å². The van der Waals surface area contributed by atoms with Crippen molar-refractivity contribution in [1.29, 1.82) is 0 Å². The fourth-order valence-corrected chi connectivity index (χ4v) is 4.41. The Hall–Kier alpha value is -0.140. The number of hydrogen-bond acceptors (Lipinski definition) is 1. The Labute approximate surface area is 172 Å². The van der Waals surface area contributed by atoms with Gasteiger partial charge in [0.2, 0.25) is 0 Å². The highest BCUT2D eigenvalue weighted by atomic mass is 35.5. The van der Waals surface area contributed by atoms with E-state index in [1.807, 2.05) is 23.9 Å². The maximum absolute atomic E-state index is 5.91. The summed E-state index contributed by atoms with van der Waals surface area (Å²) in [6.45, 7) is 2.29. The van der Waals surface area contributed by atoms with E-state index in [9.17, 15) is 0 Å². The molecule has 0 aromatic heterocycles. The summed E-state index contributed by atoms with van der Waals surface area (Å²) in [6.07, 6.45) is 23.0. The Balaban J connectivity index is 1.72. The first kappa shape index (κ1) is 23.9. The molecule has 26 heavy (non-hydrogen) atoms. The number of thioether (sulfide) groups is 1. The summed E-state index contributed by atoms with van der Waals surface area (Å²) in [4.78, 5) is 1.34. The molecule has 0 bridgehead atoms. The van der Waals surface area contributed by atoms with Gasteiger partial charge in [0.05, 0.1) is 0 Å². The normalized spacial score (nSPS) is 11.2. The molecule has 0 nitrogen and oxygen atoms in total. The average molecular weight is 397 g/mol. The van der Waals surface area contributed by atoms with Crippen molar-refractivity contribution in [1.82, 2.24) is 0 Å². The van der Waals surface area contributed by atoms with Crippen molar-refractivity contribution >= 4 is 23.4 Å². The van der Waals surface area contributed by atoms with E-state index < -0.39 is 0 Å². The molecule has 0 N–H and O–H groups in total. The van der Waals surface area contributed by atoms with E-state index in [1.54, 1.807) is 0 Å². The van der Waals surface area contributed by atoms with Crippen molar-refractivity contribution in [2.24, 2.45) is 0 Å². The maximum Gasteiger partial charge on any atom is 0.0406 e. The lowest BCUT2D eigenvalue weighted by atomic mass is 10.0. The highest BCUT2D eigenvalue weighted by molar-refractivity contribution is 7.99. The van der Waals surface area contributed by atoms with E-state index in [-0.39, 0.29) is 0 Å². The lowest BCUT2D eigenvalue weighted by Crippen LogP contribution is -1.84. The molecule has 0 aliphatic rings. The predicted octanol–water partition coefficient (Wildman–Crippen LogP) is 9.69. The second-order valence-electron chi connectivity index (χ2n) is 7.61. The monoisotopic (exact) mass is 396 g/mol. The first-order valence-corrected chi connectivity index (χ1v) is 12.6. The van der Waals surface area contributed by atoms with Crippen LogP contribution in [0.15, 0.2) is 29.2 Å². The van der Waals surface area contributed by atoms with Gasteiger partial charge in [-0.05, 0) is 36.4 Å². The molecule has 0 heterocycles. The van der Waals surface area contributed by atoms with Gasteiger partial charge in [0, 0.05) is 9.92 Å². The summed E-state index contributed by atoms with van der Waals surface area (Å²) in [5.74, 6) is 1.24. The molecule has 0 aliphatic heterocycles. The van der Waals surface area contributed by atoms with Crippen molar-refractivity contribution in [2.45, 2.75) is 115 Å². The average Bonchev–Trinajstić information content (AvgIpc) is 2.66. The van der Waals surface area contributed by atoms with Crippen LogP contribution in [-0.2, 0) is 0 Å². The lowest BCUT2D eigenvalue weighted by Gasteiger charge is -2.04. The van der Waals surface area contributed by atoms with E-state index in [4.69, 9.17) is 11.6 Å². The zero-order valence-electron chi connectivity index (χ0n) is 17.1. The number of rotatable bonds is 18. The number of benzene rings is 1. The molecule has 0 spiro atoms. The summed E-state index contributed by atoms with van der Waals surface area (Å²) >= 11 is 7.87. The van der Waals surface area contributed by atoms with Gasteiger partial charge in [-0.15, -0.1) is 11.8 Å². The predicted molar refractivity (Wildman–Crippen MR) is 122 cm³/mol. The quantitative estimate of drug-likeness (QED) is 0.176. The van der Waals surface area contributed by atoms with Gasteiger partial charge in [-0.25, -0.2) is 0 Å². The molecule has 0 amide bonds. The Morgan fingerprint density at radius 1 is 0.577 bits per heavy atom. The van der Waals surface area contributed by atoms with Gasteiger partial charge >= 0.3 is 0 Å². The first-order chi connectivity index (χ1) is 12.8. The largest absolute Gasteiger partial charge is 0.126 e. The molecule has 1 aromatic rings. The van der Waals surface area contributed by atoms with Crippen LogP contribution in [-0.4, -0.2) is 5.75 Å². The maximum atomic E-state index is 5.91. The minimum Gasteiger partial charge on any atom is -0.126 e.